The van der Waals surface area contributed by atoms with Crippen LogP contribution in [0.5, 0.6) is 0 Å². The summed E-state index contributed by atoms with van der Waals surface area (Å²) in [6.45, 7) is 0. The van der Waals surface area contributed by atoms with E-state index in [1.807, 2.05) is 0 Å². The second-order valence-corrected chi connectivity index (χ2v) is 4.08. The highest BCUT2D eigenvalue weighted by atomic mass is 79.9. The molecule has 0 fully saturated rings. The van der Waals surface area contributed by atoms with E-state index >= 15 is 0 Å². The lowest BCUT2D eigenvalue weighted by Crippen LogP contribution is -2.15. The Hall–Kier alpha value is -1.25. The lowest BCUT2D eigenvalue weighted by Gasteiger charge is -2.13. The van der Waals surface area contributed by atoms with Crippen LogP contribution in [-0.2, 0) is 17.4 Å². The van der Waals surface area contributed by atoms with Crippen LogP contribution in [0.2, 0.25) is 0 Å². The number of carbonyl (C=O) groups is 1. The van der Waals surface area contributed by atoms with E-state index in [-0.39, 0.29) is 4.47 Å². The Morgan fingerprint density at radius 2 is 2.00 bits per heavy atom. The SMILES string of the molecule is O=C(O)Cc1nc(C(F)(F)F)c(C(F)F)cc1Br. The number of carboxylic acids is 1. The van der Waals surface area contributed by atoms with Gasteiger partial charge in [0.2, 0.25) is 0 Å². The molecule has 0 saturated carbocycles. The fourth-order valence-electron chi connectivity index (χ4n) is 1.20. The molecular weight excluding hydrogens is 329 g/mol. The molecular formula is C9H5BrF5NO2. The van der Waals surface area contributed by atoms with Crippen LogP contribution in [0.15, 0.2) is 10.5 Å². The molecule has 0 aromatic carbocycles. The molecule has 1 N–H and O–H groups in total. The van der Waals surface area contributed by atoms with Crippen LogP contribution in [0.3, 0.4) is 0 Å². The molecule has 1 rings (SSSR count). The molecule has 0 bridgehead atoms. The third-order valence-corrected chi connectivity index (χ3v) is 2.59. The van der Waals surface area contributed by atoms with E-state index < -0.39 is 41.9 Å². The molecule has 0 aliphatic heterocycles. The molecule has 0 unspecified atom stereocenters. The average molecular weight is 334 g/mol. The van der Waals surface area contributed by atoms with Crippen molar-refractivity contribution < 1.29 is 31.9 Å². The summed E-state index contributed by atoms with van der Waals surface area (Å²) >= 11 is 2.72. The Morgan fingerprint density at radius 1 is 1.44 bits per heavy atom. The summed E-state index contributed by atoms with van der Waals surface area (Å²) in [7, 11) is 0. The molecule has 0 atom stereocenters. The number of aromatic nitrogens is 1. The highest BCUT2D eigenvalue weighted by Crippen LogP contribution is 2.37. The molecule has 0 amide bonds. The van der Waals surface area contributed by atoms with Crippen molar-refractivity contribution in [3.63, 3.8) is 0 Å². The molecule has 18 heavy (non-hydrogen) atoms. The van der Waals surface area contributed by atoms with Gasteiger partial charge in [0.1, 0.15) is 0 Å². The van der Waals surface area contributed by atoms with Crippen molar-refractivity contribution in [3.05, 3.63) is 27.5 Å². The lowest BCUT2D eigenvalue weighted by atomic mass is 10.1. The fourth-order valence-corrected chi connectivity index (χ4v) is 1.68. The number of nitrogens with zero attached hydrogens (tertiary/aromatic N) is 1. The number of alkyl halides is 5. The van der Waals surface area contributed by atoms with Crippen LogP contribution >= 0.6 is 15.9 Å². The van der Waals surface area contributed by atoms with Gasteiger partial charge in [-0.15, -0.1) is 0 Å². The van der Waals surface area contributed by atoms with Gasteiger partial charge in [-0.1, -0.05) is 0 Å². The van der Waals surface area contributed by atoms with Gasteiger partial charge in [0, 0.05) is 10.0 Å². The number of hydrogen-bond acceptors (Lipinski definition) is 2. The predicted octanol–water partition coefficient (Wildman–Crippen LogP) is 3.43. The highest BCUT2D eigenvalue weighted by molar-refractivity contribution is 9.10. The zero-order valence-corrected chi connectivity index (χ0v) is 10.0. The number of hydrogen-bond donors (Lipinski definition) is 1. The Labute approximate surface area is 106 Å². The molecule has 3 nitrogen and oxygen atoms in total. The maximum Gasteiger partial charge on any atom is 0.433 e. The van der Waals surface area contributed by atoms with E-state index in [4.69, 9.17) is 5.11 Å². The highest BCUT2D eigenvalue weighted by Gasteiger charge is 2.38. The van der Waals surface area contributed by atoms with E-state index in [0.29, 0.717) is 6.07 Å². The largest absolute Gasteiger partial charge is 0.481 e. The summed E-state index contributed by atoms with van der Waals surface area (Å²) in [6.07, 6.45) is -9.23. The zero-order chi connectivity index (χ0) is 14.1. The van der Waals surface area contributed by atoms with Crippen molar-refractivity contribution in [2.75, 3.05) is 0 Å². The van der Waals surface area contributed by atoms with Crippen LogP contribution in [0.1, 0.15) is 23.4 Å². The summed E-state index contributed by atoms with van der Waals surface area (Å²) in [6, 6.07) is 0.540. The van der Waals surface area contributed by atoms with Crippen molar-refractivity contribution in [1.82, 2.24) is 4.98 Å². The quantitative estimate of drug-likeness (QED) is 0.862. The van der Waals surface area contributed by atoms with Gasteiger partial charge in [-0.05, 0) is 22.0 Å². The number of carboxylic acid groups (broad SMARTS) is 1. The first kappa shape index (κ1) is 14.8. The van der Waals surface area contributed by atoms with E-state index in [1.165, 1.54) is 0 Å². The number of pyridine rings is 1. The van der Waals surface area contributed by atoms with Crippen LogP contribution in [0, 0.1) is 0 Å². The van der Waals surface area contributed by atoms with Crippen LogP contribution in [-0.4, -0.2) is 16.1 Å². The maximum absolute atomic E-state index is 12.5. The molecule has 100 valence electrons. The van der Waals surface area contributed by atoms with Crippen LogP contribution in [0.25, 0.3) is 0 Å². The van der Waals surface area contributed by atoms with Crippen molar-refractivity contribution in [2.45, 2.75) is 19.0 Å². The molecule has 0 radical (unpaired) electrons. The topological polar surface area (TPSA) is 50.2 Å². The summed E-state index contributed by atoms with van der Waals surface area (Å²) in [4.78, 5) is 13.4. The van der Waals surface area contributed by atoms with Gasteiger partial charge >= 0.3 is 12.1 Å². The first-order valence-electron chi connectivity index (χ1n) is 4.39. The number of halogens is 6. The van der Waals surface area contributed by atoms with Gasteiger partial charge in [0.15, 0.2) is 5.69 Å². The normalized spacial score (nSPS) is 11.9. The van der Waals surface area contributed by atoms with Crippen molar-refractivity contribution >= 4 is 21.9 Å². The van der Waals surface area contributed by atoms with Crippen LogP contribution in [0.4, 0.5) is 22.0 Å². The lowest BCUT2D eigenvalue weighted by molar-refractivity contribution is -0.144. The minimum Gasteiger partial charge on any atom is -0.481 e. The zero-order valence-electron chi connectivity index (χ0n) is 8.43. The molecule has 0 aliphatic rings. The molecule has 1 aromatic heterocycles. The summed E-state index contributed by atoms with van der Waals surface area (Å²) in [5, 5.41) is 8.47. The molecule has 1 aromatic rings. The van der Waals surface area contributed by atoms with E-state index in [2.05, 4.69) is 20.9 Å². The molecule has 0 spiro atoms. The third-order valence-electron chi connectivity index (χ3n) is 1.90. The average Bonchev–Trinajstić information content (AvgIpc) is 2.17. The Bertz CT molecular complexity index is 475. The first-order valence-corrected chi connectivity index (χ1v) is 5.18. The number of rotatable bonds is 3. The van der Waals surface area contributed by atoms with Gasteiger partial charge < -0.3 is 5.11 Å². The van der Waals surface area contributed by atoms with E-state index in [1.54, 1.807) is 0 Å². The summed E-state index contributed by atoms with van der Waals surface area (Å²) < 4.78 is 62.2. The second kappa shape index (κ2) is 5.17. The van der Waals surface area contributed by atoms with Gasteiger partial charge in [0.05, 0.1) is 12.1 Å². The predicted molar refractivity (Wildman–Crippen MR) is 53.2 cm³/mol. The van der Waals surface area contributed by atoms with Gasteiger partial charge in [-0.25, -0.2) is 13.8 Å². The maximum atomic E-state index is 12.5. The van der Waals surface area contributed by atoms with Crippen molar-refractivity contribution in [1.29, 1.82) is 0 Å². The Balaban J connectivity index is 3.40. The van der Waals surface area contributed by atoms with E-state index in [0.717, 1.165) is 0 Å². The minimum atomic E-state index is -5.07. The van der Waals surface area contributed by atoms with Crippen LogP contribution < -0.4 is 0 Å². The first-order chi connectivity index (χ1) is 8.12. The monoisotopic (exact) mass is 333 g/mol. The van der Waals surface area contributed by atoms with Gasteiger partial charge in [-0.3, -0.25) is 4.79 Å². The smallest absolute Gasteiger partial charge is 0.433 e. The van der Waals surface area contributed by atoms with Crippen molar-refractivity contribution in [3.8, 4) is 0 Å². The van der Waals surface area contributed by atoms with Gasteiger partial charge in [0.25, 0.3) is 6.43 Å². The summed E-state index contributed by atoms with van der Waals surface area (Å²) in [5.74, 6) is -1.42. The number of aliphatic carboxylic acids is 1. The second-order valence-electron chi connectivity index (χ2n) is 3.22. The Morgan fingerprint density at radius 3 is 2.39 bits per heavy atom. The standard InChI is InChI=1S/C9H5BrF5NO2/c10-4-1-3(8(11)12)7(9(13,14)15)16-5(4)2-6(17)18/h1,8H,2H2,(H,17,18). The summed E-state index contributed by atoms with van der Waals surface area (Å²) in [5.41, 5.74) is -3.51. The third kappa shape index (κ3) is 3.37. The van der Waals surface area contributed by atoms with E-state index in [9.17, 15) is 26.7 Å². The Kier molecular flexibility index (Phi) is 4.25. The van der Waals surface area contributed by atoms with Crippen molar-refractivity contribution in [2.24, 2.45) is 0 Å². The molecule has 9 heteroatoms. The minimum absolute atomic E-state index is 0.201. The molecule has 0 aliphatic carbocycles. The molecule has 0 saturated heterocycles. The molecule has 1 heterocycles. The van der Waals surface area contributed by atoms with Gasteiger partial charge in [-0.2, -0.15) is 13.2 Å². The fraction of sp³-hybridized carbons (Fsp3) is 0.333.